The molecule has 94 valence electrons. The van der Waals surface area contributed by atoms with Crippen LogP contribution in [0.5, 0.6) is 5.88 Å². The number of aromatic nitrogens is 2. The second-order valence-corrected chi connectivity index (χ2v) is 4.91. The van der Waals surface area contributed by atoms with Gasteiger partial charge in [0.1, 0.15) is 0 Å². The van der Waals surface area contributed by atoms with Crippen LogP contribution in [0.2, 0.25) is 0 Å². The minimum absolute atomic E-state index is 0.557. The Hall–Kier alpha value is -0.880. The molecule has 0 aliphatic carbocycles. The fraction of sp³-hybridized carbons (Fsp3) is 0.636. The summed E-state index contributed by atoms with van der Waals surface area (Å²) in [6.07, 6.45) is 5.35. The Balaban J connectivity index is 1.81. The Morgan fingerprint density at radius 2 is 2.53 bits per heavy atom. The molecule has 0 spiro atoms. The Morgan fingerprint density at radius 3 is 3.24 bits per heavy atom. The summed E-state index contributed by atoms with van der Waals surface area (Å²) in [6, 6.07) is 0.639. The highest BCUT2D eigenvalue weighted by atomic mass is 79.9. The molecule has 0 aromatic carbocycles. The number of anilines is 1. The average Bonchev–Trinajstić information content (AvgIpc) is 2.84. The number of halogens is 1. The lowest BCUT2D eigenvalue weighted by molar-refractivity contribution is 0.394. The Bertz CT molecular complexity index is 368. The summed E-state index contributed by atoms with van der Waals surface area (Å²) in [6.45, 7) is 2.02. The molecule has 1 fully saturated rings. The smallest absolute Gasteiger partial charge is 0.232 e. The minimum Gasteiger partial charge on any atom is -0.480 e. The number of nitrogens with zero attached hydrogens (tertiary/aromatic N) is 2. The number of hydrogen-bond acceptors (Lipinski definition) is 5. The van der Waals surface area contributed by atoms with Crippen LogP contribution in [0.25, 0.3) is 0 Å². The number of ether oxygens (including phenoxy) is 1. The Morgan fingerprint density at radius 1 is 1.65 bits per heavy atom. The quantitative estimate of drug-likeness (QED) is 0.868. The van der Waals surface area contributed by atoms with Crippen molar-refractivity contribution in [2.75, 3.05) is 25.5 Å². The summed E-state index contributed by atoms with van der Waals surface area (Å²) in [5.74, 6) is 1.17. The SMILES string of the molecule is COc1nc(NCC[C@@H]2CCCN2)ncc1Br. The maximum Gasteiger partial charge on any atom is 0.232 e. The van der Waals surface area contributed by atoms with Crippen molar-refractivity contribution in [1.29, 1.82) is 0 Å². The van der Waals surface area contributed by atoms with E-state index in [1.54, 1.807) is 13.3 Å². The summed E-state index contributed by atoms with van der Waals surface area (Å²) < 4.78 is 5.88. The molecule has 5 nitrogen and oxygen atoms in total. The van der Waals surface area contributed by atoms with E-state index >= 15 is 0 Å². The van der Waals surface area contributed by atoms with Crippen LogP contribution in [0, 0.1) is 0 Å². The maximum absolute atomic E-state index is 5.12. The fourth-order valence-electron chi connectivity index (χ4n) is 1.94. The van der Waals surface area contributed by atoms with E-state index < -0.39 is 0 Å². The van der Waals surface area contributed by atoms with E-state index in [-0.39, 0.29) is 0 Å². The highest BCUT2D eigenvalue weighted by Crippen LogP contribution is 2.21. The molecule has 0 bridgehead atoms. The van der Waals surface area contributed by atoms with E-state index in [1.807, 2.05) is 0 Å². The van der Waals surface area contributed by atoms with Crippen LogP contribution in [-0.2, 0) is 0 Å². The first-order valence-electron chi connectivity index (χ1n) is 5.83. The highest BCUT2D eigenvalue weighted by molar-refractivity contribution is 9.10. The van der Waals surface area contributed by atoms with Gasteiger partial charge in [-0.25, -0.2) is 4.98 Å². The second-order valence-electron chi connectivity index (χ2n) is 4.06. The third kappa shape index (κ3) is 3.54. The molecule has 2 heterocycles. The van der Waals surface area contributed by atoms with Gasteiger partial charge in [0.05, 0.1) is 17.8 Å². The van der Waals surface area contributed by atoms with Crippen LogP contribution in [-0.4, -0.2) is 36.2 Å². The third-order valence-electron chi connectivity index (χ3n) is 2.84. The first-order chi connectivity index (χ1) is 8.29. The van der Waals surface area contributed by atoms with Crippen LogP contribution >= 0.6 is 15.9 Å². The van der Waals surface area contributed by atoms with E-state index in [0.717, 1.165) is 24.0 Å². The number of nitrogens with one attached hydrogen (secondary N) is 2. The lowest BCUT2D eigenvalue weighted by Gasteiger charge is -2.11. The van der Waals surface area contributed by atoms with Crippen LogP contribution in [0.3, 0.4) is 0 Å². The van der Waals surface area contributed by atoms with E-state index in [9.17, 15) is 0 Å². The van der Waals surface area contributed by atoms with Gasteiger partial charge < -0.3 is 15.4 Å². The molecular formula is C11H17BrN4O. The average molecular weight is 301 g/mol. The Kier molecular flexibility index (Phi) is 4.56. The lowest BCUT2D eigenvalue weighted by Crippen LogP contribution is -2.24. The second kappa shape index (κ2) is 6.16. The van der Waals surface area contributed by atoms with Crippen LogP contribution in [0.4, 0.5) is 5.95 Å². The van der Waals surface area contributed by atoms with E-state index in [0.29, 0.717) is 17.9 Å². The van der Waals surface area contributed by atoms with Crippen molar-refractivity contribution in [1.82, 2.24) is 15.3 Å². The van der Waals surface area contributed by atoms with Gasteiger partial charge in [-0.3, -0.25) is 0 Å². The molecule has 0 radical (unpaired) electrons. The molecule has 2 rings (SSSR count). The van der Waals surface area contributed by atoms with Crippen LogP contribution in [0.1, 0.15) is 19.3 Å². The van der Waals surface area contributed by atoms with Crippen molar-refractivity contribution < 1.29 is 4.74 Å². The summed E-state index contributed by atoms with van der Waals surface area (Å²) >= 11 is 3.32. The summed E-state index contributed by atoms with van der Waals surface area (Å²) in [5.41, 5.74) is 0. The van der Waals surface area contributed by atoms with Crippen LogP contribution in [0.15, 0.2) is 10.7 Å². The van der Waals surface area contributed by atoms with E-state index in [1.165, 1.54) is 12.8 Å². The van der Waals surface area contributed by atoms with Gasteiger partial charge in [-0.05, 0) is 41.7 Å². The molecule has 1 atom stereocenters. The van der Waals surface area contributed by atoms with Gasteiger partial charge in [0.25, 0.3) is 0 Å². The molecule has 1 aliphatic heterocycles. The molecule has 0 saturated carbocycles. The molecule has 0 amide bonds. The Labute approximate surface area is 110 Å². The topological polar surface area (TPSA) is 59.1 Å². The number of methoxy groups -OCH3 is 1. The van der Waals surface area contributed by atoms with Crippen molar-refractivity contribution in [3.63, 3.8) is 0 Å². The third-order valence-corrected chi connectivity index (χ3v) is 3.39. The zero-order chi connectivity index (χ0) is 12.1. The van der Waals surface area contributed by atoms with Gasteiger partial charge in [-0.2, -0.15) is 4.98 Å². The predicted octanol–water partition coefficient (Wildman–Crippen LogP) is 1.80. The largest absolute Gasteiger partial charge is 0.480 e. The van der Waals surface area contributed by atoms with Crippen molar-refractivity contribution in [3.05, 3.63) is 10.7 Å². The van der Waals surface area contributed by atoms with Gasteiger partial charge in [-0.15, -0.1) is 0 Å². The summed E-state index contributed by atoms with van der Waals surface area (Å²) in [4.78, 5) is 8.42. The molecule has 2 N–H and O–H groups in total. The number of hydrogen-bond donors (Lipinski definition) is 2. The van der Waals surface area contributed by atoms with Gasteiger partial charge in [0, 0.05) is 12.6 Å². The standard InChI is InChI=1S/C11H17BrN4O/c1-17-10-9(12)7-15-11(16-10)14-6-4-8-3-2-5-13-8/h7-8,13H,2-6H2,1H3,(H,14,15,16)/t8-/m0/s1. The number of rotatable bonds is 5. The van der Waals surface area contributed by atoms with Gasteiger partial charge in [0.2, 0.25) is 11.8 Å². The highest BCUT2D eigenvalue weighted by Gasteiger charge is 2.13. The molecule has 6 heteroatoms. The summed E-state index contributed by atoms with van der Waals surface area (Å²) in [5, 5.41) is 6.67. The minimum atomic E-state index is 0.557. The first kappa shape index (κ1) is 12.6. The predicted molar refractivity (Wildman–Crippen MR) is 70.4 cm³/mol. The molecule has 1 aromatic rings. The zero-order valence-corrected chi connectivity index (χ0v) is 11.5. The molecule has 1 aromatic heterocycles. The molecule has 1 saturated heterocycles. The molecule has 0 unspecified atom stereocenters. The molecule has 17 heavy (non-hydrogen) atoms. The molecule has 1 aliphatic rings. The van der Waals surface area contributed by atoms with Gasteiger partial charge in [-0.1, -0.05) is 0 Å². The monoisotopic (exact) mass is 300 g/mol. The van der Waals surface area contributed by atoms with E-state index in [4.69, 9.17) is 4.74 Å². The molecular weight excluding hydrogens is 284 g/mol. The van der Waals surface area contributed by atoms with E-state index in [2.05, 4.69) is 36.5 Å². The van der Waals surface area contributed by atoms with Crippen molar-refractivity contribution in [2.24, 2.45) is 0 Å². The van der Waals surface area contributed by atoms with Gasteiger partial charge >= 0.3 is 0 Å². The van der Waals surface area contributed by atoms with Gasteiger partial charge in [0.15, 0.2) is 0 Å². The fourth-order valence-corrected chi connectivity index (χ4v) is 2.29. The lowest BCUT2D eigenvalue weighted by atomic mass is 10.1. The van der Waals surface area contributed by atoms with Crippen molar-refractivity contribution >= 4 is 21.9 Å². The maximum atomic E-state index is 5.12. The normalized spacial score (nSPS) is 19.3. The first-order valence-corrected chi connectivity index (χ1v) is 6.62. The van der Waals surface area contributed by atoms with Crippen molar-refractivity contribution in [3.8, 4) is 5.88 Å². The van der Waals surface area contributed by atoms with Crippen LogP contribution < -0.4 is 15.4 Å². The summed E-state index contributed by atoms with van der Waals surface area (Å²) in [7, 11) is 1.60. The van der Waals surface area contributed by atoms with Crippen molar-refractivity contribution in [2.45, 2.75) is 25.3 Å². The zero-order valence-electron chi connectivity index (χ0n) is 9.87.